The highest BCUT2D eigenvalue weighted by Gasteiger charge is 2.37. The van der Waals surface area contributed by atoms with E-state index in [4.69, 9.17) is 4.74 Å². The van der Waals surface area contributed by atoms with E-state index in [2.05, 4.69) is 4.98 Å². The van der Waals surface area contributed by atoms with Crippen molar-refractivity contribution < 1.29 is 9.53 Å². The van der Waals surface area contributed by atoms with Crippen LogP contribution in [0.15, 0.2) is 5.38 Å². The SMILES string of the molecule is Cc1nc(C(=O)N2CCO[C@H]3CCCC[C@@H]32)cs1. The molecule has 1 aromatic heterocycles. The molecule has 2 aliphatic rings. The Hall–Kier alpha value is -0.940. The van der Waals surface area contributed by atoms with Crippen LogP contribution in [0.2, 0.25) is 0 Å². The Morgan fingerprint density at radius 3 is 3.11 bits per heavy atom. The van der Waals surface area contributed by atoms with Crippen molar-refractivity contribution in [3.63, 3.8) is 0 Å². The fraction of sp³-hybridized carbons (Fsp3) is 0.692. The number of carbonyl (C=O) groups excluding carboxylic acids is 1. The van der Waals surface area contributed by atoms with Crippen LogP contribution >= 0.6 is 11.3 Å². The molecule has 1 saturated heterocycles. The third-order valence-corrected chi connectivity index (χ3v) is 4.60. The van der Waals surface area contributed by atoms with E-state index in [9.17, 15) is 4.79 Å². The zero-order valence-electron chi connectivity index (χ0n) is 10.6. The van der Waals surface area contributed by atoms with Crippen molar-refractivity contribution in [2.45, 2.75) is 44.8 Å². The molecule has 4 nitrogen and oxygen atoms in total. The second kappa shape index (κ2) is 4.97. The summed E-state index contributed by atoms with van der Waals surface area (Å²) in [6, 6.07) is 0.266. The van der Waals surface area contributed by atoms with Crippen molar-refractivity contribution in [3.8, 4) is 0 Å². The molecule has 0 N–H and O–H groups in total. The molecular formula is C13H18N2O2S. The highest BCUT2D eigenvalue weighted by atomic mass is 32.1. The predicted octanol–water partition coefficient (Wildman–Crippen LogP) is 2.24. The van der Waals surface area contributed by atoms with Gasteiger partial charge in [0.05, 0.1) is 23.8 Å². The molecule has 1 aliphatic heterocycles. The van der Waals surface area contributed by atoms with Crippen LogP contribution in [0.25, 0.3) is 0 Å². The molecule has 1 aliphatic carbocycles. The summed E-state index contributed by atoms with van der Waals surface area (Å²) in [5.74, 6) is 0.0829. The summed E-state index contributed by atoms with van der Waals surface area (Å²) in [7, 11) is 0. The third-order valence-electron chi connectivity index (χ3n) is 3.83. The normalized spacial score (nSPS) is 27.9. The Morgan fingerprint density at radius 2 is 2.33 bits per heavy atom. The van der Waals surface area contributed by atoms with Crippen molar-refractivity contribution in [2.24, 2.45) is 0 Å². The molecule has 18 heavy (non-hydrogen) atoms. The number of morpholine rings is 1. The van der Waals surface area contributed by atoms with Gasteiger partial charge in [0.15, 0.2) is 0 Å². The molecule has 2 fully saturated rings. The van der Waals surface area contributed by atoms with Crippen molar-refractivity contribution >= 4 is 17.2 Å². The lowest BCUT2D eigenvalue weighted by atomic mass is 9.90. The van der Waals surface area contributed by atoms with Crippen molar-refractivity contribution in [1.82, 2.24) is 9.88 Å². The topological polar surface area (TPSA) is 42.4 Å². The molecule has 3 rings (SSSR count). The quantitative estimate of drug-likeness (QED) is 0.783. The smallest absolute Gasteiger partial charge is 0.273 e. The van der Waals surface area contributed by atoms with Gasteiger partial charge in [0.25, 0.3) is 5.91 Å². The van der Waals surface area contributed by atoms with Gasteiger partial charge < -0.3 is 9.64 Å². The minimum absolute atomic E-state index is 0.0829. The monoisotopic (exact) mass is 266 g/mol. The predicted molar refractivity (Wildman–Crippen MR) is 69.9 cm³/mol. The molecule has 1 saturated carbocycles. The van der Waals surface area contributed by atoms with Crippen LogP contribution in [-0.4, -0.2) is 41.1 Å². The summed E-state index contributed by atoms with van der Waals surface area (Å²) in [5, 5.41) is 2.82. The molecule has 2 heterocycles. The summed E-state index contributed by atoms with van der Waals surface area (Å²) in [4.78, 5) is 18.8. The number of ether oxygens (including phenoxy) is 1. The minimum Gasteiger partial charge on any atom is -0.374 e. The van der Waals surface area contributed by atoms with E-state index >= 15 is 0 Å². The average molecular weight is 266 g/mol. The summed E-state index contributed by atoms with van der Waals surface area (Å²) in [6.45, 7) is 3.30. The van der Waals surface area contributed by atoms with Crippen LogP contribution < -0.4 is 0 Å². The van der Waals surface area contributed by atoms with Gasteiger partial charge in [0.2, 0.25) is 0 Å². The zero-order chi connectivity index (χ0) is 12.5. The second-order valence-corrected chi connectivity index (χ2v) is 6.07. The molecule has 1 amide bonds. The number of amides is 1. The van der Waals surface area contributed by atoms with Gasteiger partial charge in [0, 0.05) is 11.9 Å². The van der Waals surface area contributed by atoms with Gasteiger partial charge in [-0.3, -0.25) is 4.79 Å². The Morgan fingerprint density at radius 1 is 1.50 bits per heavy atom. The number of hydrogen-bond donors (Lipinski definition) is 0. The van der Waals surface area contributed by atoms with E-state index in [1.807, 2.05) is 17.2 Å². The molecule has 0 radical (unpaired) electrons. The van der Waals surface area contributed by atoms with Crippen molar-refractivity contribution in [3.05, 3.63) is 16.1 Å². The zero-order valence-corrected chi connectivity index (χ0v) is 11.4. The lowest BCUT2D eigenvalue weighted by Crippen LogP contribution is -2.54. The largest absolute Gasteiger partial charge is 0.374 e. The molecule has 0 unspecified atom stereocenters. The van der Waals surface area contributed by atoms with E-state index < -0.39 is 0 Å². The number of aryl methyl sites for hydroxylation is 1. The highest BCUT2D eigenvalue weighted by Crippen LogP contribution is 2.29. The molecule has 0 spiro atoms. The summed E-state index contributed by atoms with van der Waals surface area (Å²) in [5.41, 5.74) is 0.601. The molecule has 0 aromatic carbocycles. The van der Waals surface area contributed by atoms with Gasteiger partial charge in [-0.05, 0) is 19.8 Å². The third kappa shape index (κ3) is 2.17. The Bertz CT molecular complexity index is 444. The van der Waals surface area contributed by atoms with E-state index in [-0.39, 0.29) is 18.1 Å². The summed E-state index contributed by atoms with van der Waals surface area (Å²) < 4.78 is 5.79. The standard InChI is InChI=1S/C13H18N2O2S/c1-9-14-10(8-18-9)13(16)15-6-7-17-12-5-3-2-4-11(12)15/h8,11-12H,2-7H2,1H3/t11-,12-/m0/s1. The molecule has 98 valence electrons. The Balaban J connectivity index is 1.79. The number of thiazole rings is 1. The lowest BCUT2D eigenvalue weighted by molar-refractivity contribution is -0.0754. The molecule has 0 bridgehead atoms. The van der Waals surface area contributed by atoms with Gasteiger partial charge >= 0.3 is 0 Å². The first kappa shape index (κ1) is 12.1. The second-order valence-electron chi connectivity index (χ2n) is 5.01. The number of rotatable bonds is 1. The van der Waals surface area contributed by atoms with Crippen LogP contribution in [0, 0.1) is 6.92 Å². The fourth-order valence-corrected chi connectivity index (χ4v) is 3.54. The van der Waals surface area contributed by atoms with Gasteiger partial charge in [0.1, 0.15) is 5.69 Å². The fourth-order valence-electron chi connectivity index (χ4n) is 2.96. The van der Waals surface area contributed by atoms with E-state index in [1.54, 1.807) is 0 Å². The number of hydrogen-bond acceptors (Lipinski definition) is 4. The average Bonchev–Trinajstić information content (AvgIpc) is 2.84. The first-order valence-electron chi connectivity index (χ1n) is 6.60. The Kier molecular flexibility index (Phi) is 3.35. The van der Waals surface area contributed by atoms with Crippen LogP contribution in [-0.2, 0) is 4.74 Å². The molecular weight excluding hydrogens is 248 g/mol. The number of fused-ring (bicyclic) bond motifs is 1. The lowest BCUT2D eigenvalue weighted by Gasteiger charge is -2.43. The maximum Gasteiger partial charge on any atom is 0.273 e. The first-order valence-corrected chi connectivity index (χ1v) is 7.48. The van der Waals surface area contributed by atoms with Gasteiger partial charge in [-0.15, -0.1) is 11.3 Å². The van der Waals surface area contributed by atoms with E-state index in [0.717, 1.165) is 17.8 Å². The number of aromatic nitrogens is 1. The summed E-state index contributed by atoms with van der Waals surface area (Å²) >= 11 is 1.54. The number of carbonyl (C=O) groups is 1. The van der Waals surface area contributed by atoms with Crippen LogP contribution in [0.5, 0.6) is 0 Å². The maximum atomic E-state index is 12.5. The van der Waals surface area contributed by atoms with Crippen LogP contribution in [0.4, 0.5) is 0 Å². The number of nitrogens with zero attached hydrogens (tertiary/aromatic N) is 2. The van der Waals surface area contributed by atoms with Gasteiger partial charge in [-0.2, -0.15) is 0 Å². The molecule has 1 aromatic rings. The Labute approximate surface area is 111 Å². The van der Waals surface area contributed by atoms with Crippen LogP contribution in [0.3, 0.4) is 0 Å². The van der Waals surface area contributed by atoms with Crippen LogP contribution in [0.1, 0.15) is 41.2 Å². The first-order chi connectivity index (χ1) is 8.75. The van der Waals surface area contributed by atoms with Crippen molar-refractivity contribution in [2.75, 3.05) is 13.2 Å². The van der Waals surface area contributed by atoms with Crippen molar-refractivity contribution in [1.29, 1.82) is 0 Å². The van der Waals surface area contributed by atoms with E-state index in [1.165, 1.54) is 24.2 Å². The highest BCUT2D eigenvalue weighted by molar-refractivity contribution is 7.09. The maximum absolute atomic E-state index is 12.5. The van der Waals surface area contributed by atoms with Gasteiger partial charge in [-0.25, -0.2) is 4.98 Å². The molecule has 5 heteroatoms. The van der Waals surface area contributed by atoms with Gasteiger partial charge in [-0.1, -0.05) is 12.8 Å². The molecule has 2 atom stereocenters. The summed E-state index contributed by atoms with van der Waals surface area (Å²) in [6.07, 6.45) is 4.82. The van der Waals surface area contributed by atoms with E-state index in [0.29, 0.717) is 18.8 Å². The minimum atomic E-state index is 0.0829.